The predicted molar refractivity (Wildman–Crippen MR) is 120 cm³/mol. The minimum atomic E-state index is -1.00. The van der Waals surface area contributed by atoms with Crippen LogP contribution in [0.1, 0.15) is 39.2 Å². The number of ether oxygens (including phenoxy) is 3. The van der Waals surface area contributed by atoms with Crippen LogP contribution in [0.15, 0.2) is 54.6 Å². The molecule has 8 nitrogen and oxygen atoms in total. The maximum atomic E-state index is 12.8. The molecule has 2 amide bonds. The smallest absolute Gasteiger partial charge is 0.408 e. The van der Waals surface area contributed by atoms with Gasteiger partial charge in [-0.3, -0.25) is 9.59 Å². The lowest BCUT2D eigenvalue weighted by Gasteiger charge is -2.21. The van der Waals surface area contributed by atoms with Gasteiger partial charge in [-0.15, -0.1) is 0 Å². The van der Waals surface area contributed by atoms with Gasteiger partial charge >= 0.3 is 12.1 Å². The number of carbonyl (C=O) groups is 3. The fourth-order valence-electron chi connectivity index (χ4n) is 2.76. The summed E-state index contributed by atoms with van der Waals surface area (Å²) in [6.45, 7) is 5.34. The van der Waals surface area contributed by atoms with E-state index in [4.69, 9.17) is 14.2 Å². The summed E-state index contributed by atoms with van der Waals surface area (Å²) >= 11 is 0. The second kappa shape index (κ2) is 11.7. The van der Waals surface area contributed by atoms with Crippen LogP contribution in [0.2, 0.25) is 0 Å². The van der Waals surface area contributed by atoms with Crippen molar-refractivity contribution in [1.82, 2.24) is 5.32 Å². The summed E-state index contributed by atoms with van der Waals surface area (Å²) < 4.78 is 15.7. The topological polar surface area (TPSA) is 103 Å². The van der Waals surface area contributed by atoms with Crippen molar-refractivity contribution in [2.24, 2.45) is 0 Å². The van der Waals surface area contributed by atoms with E-state index in [0.29, 0.717) is 11.4 Å². The highest BCUT2D eigenvalue weighted by molar-refractivity contribution is 5.96. The van der Waals surface area contributed by atoms with Crippen LogP contribution < -0.4 is 15.4 Å². The van der Waals surface area contributed by atoms with E-state index in [2.05, 4.69) is 10.6 Å². The van der Waals surface area contributed by atoms with Crippen LogP contribution in [-0.4, -0.2) is 36.7 Å². The Morgan fingerprint density at radius 1 is 1.00 bits per heavy atom. The third kappa shape index (κ3) is 9.07. The summed E-state index contributed by atoms with van der Waals surface area (Å²) in [4.78, 5) is 37.3. The molecule has 2 aromatic carbocycles. The zero-order valence-electron chi connectivity index (χ0n) is 18.8. The first-order valence-electron chi connectivity index (χ1n) is 10.3. The van der Waals surface area contributed by atoms with Gasteiger partial charge in [0.25, 0.3) is 0 Å². The number of nitrogens with one attached hydrogen (secondary N) is 2. The van der Waals surface area contributed by atoms with E-state index >= 15 is 0 Å². The number of hydrogen-bond acceptors (Lipinski definition) is 6. The molecule has 0 heterocycles. The Morgan fingerprint density at radius 2 is 1.72 bits per heavy atom. The highest BCUT2D eigenvalue weighted by Crippen LogP contribution is 2.17. The number of alkyl carbamates (subject to hydrolysis) is 1. The van der Waals surface area contributed by atoms with Gasteiger partial charge in [-0.05, 0) is 44.9 Å². The molecule has 0 radical (unpaired) electrons. The molecule has 0 bridgehead atoms. The number of anilines is 1. The summed E-state index contributed by atoms with van der Waals surface area (Å²) in [6, 6.07) is 15.0. The summed E-state index contributed by atoms with van der Waals surface area (Å²) in [6.07, 6.45) is -0.763. The molecule has 0 fully saturated rings. The molecule has 0 aliphatic rings. The number of rotatable bonds is 9. The summed E-state index contributed by atoms with van der Waals surface area (Å²) in [5.74, 6) is -0.377. The van der Waals surface area contributed by atoms with Crippen LogP contribution in [-0.2, 0) is 25.7 Å². The quantitative estimate of drug-likeness (QED) is 0.568. The van der Waals surface area contributed by atoms with Gasteiger partial charge in [0.05, 0.1) is 7.11 Å². The molecular weight excluding hydrogens is 412 g/mol. The Labute approximate surface area is 188 Å². The maximum Gasteiger partial charge on any atom is 0.408 e. The zero-order chi connectivity index (χ0) is 23.6. The number of hydrogen-bond donors (Lipinski definition) is 2. The van der Waals surface area contributed by atoms with Crippen molar-refractivity contribution in [2.45, 2.75) is 51.9 Å². The van der Waals surface area contributed by atoms with Crippen molar-refractivity contribution in [3.8, 4) is 5.75 Å². The van der Waals surface area contributed by atoms with E-state index in [1.165, 1.54) is 7.11 Å². The predicted octanol–water partition coefficient (Wildman–Crippen LogP) is 4.05. The van der Waals surface area contributed by atoms with Crippen LogP contribution in [0.3, 0.4) is 0 Å². The molecule has 1 atom stereocenters. The molecule has 2 rings (SSSR count). The van der Waals surface area contributed by atoms with Crippen molar-refractivity contribution in [2.75, 3.05) is 12.4 Å². The Hall–Kier alpha value is -3.55. The molecule has 0 unspecified atom stereocenters. The standard InChI is InChI=1S/C24H30N2O6/c1-24(2,3)32-21(27)14-13-20(22(28)25-18-11-8-12-19(15-18)30-4)26-23(29)31-16-17-9-6-5-7-10-17/h5-12,15,20H,13-14,16H2,1-4H3,(H,25,28)(H,26,29)/t20-/m0/s1. The highest BCUT2D eigenvalue weighted by atomic mass is 16.6. The van der Waals surface area contributed by atoms with Gasteiger partial charge in [-0.2, -0.15) is 0 Å². The van der Waals surface area contributed by atoms with Crippen molar-refractivity contribution < 1.29 is 28.6 Å². The van der Waals surface area contributed by atoms with Gasteiger partial charge in [0, 0.05) is 18.2 Å². The number of carbonyl (C=O) groups excluding carboxylic acids is 3. The van der Waals surface area contributed by atoms with E-state index in [9.17, 15) is 14.4 Å². The van der Waals surface area contributed by atoms with Crippen LogP contribution in [0.25, 0.3) is 0 Å². The zero-order valence-corrected chi connectivity index (χ0v) is 18.8. The number of methoxy groups -OCH3 is 1. The fraction of sp³-hybridized carbons (Fsp3) is 0.375. The average Bonchev–Trinajstić information content (AvgIpc) is 2.74. The SMILES string of the molecule is COc1cccc(NC(=O)[C@H](CCC(=O)OC(C)(C)C)NC(=O)OCc2ccccc2)c1. The molecule has 172 valence electrons. The Kier molecular flexibility index (Phi) is 9.07. The van der Waals surface area contributed by atoms with Gasteiger partial charge in [0.1, 0.15) is 24.0 Å². The molecule has 2 aromatic rings. The molecular formula is C24H30N2O6. The molecule has 8 heteroatoms. The molecule has 0 aliphatic carbocycles. The number of amides is 2. The van der Waals surface area contributed by atoms with Crippen LogP contribution in [0.4, 0.5) is 10.5 Å². The van der Waals surface area contributed by atoms with E-state index in [1.54, 1.807) is 45.0 Å². The van der Waals surface area contributed by atoms with Gasteiger partial charge in [0.2, 0.25) is 5.91 Å². The molecule has 2 N–H and O–H groups in total. The van der Waals surface area contributed by atoms with Crippen LogP contribution in [0.5, 0.6) is 5.75 Å². The average molecular weight is 443 g/mol. The third-order valence-corrected chi connectivity index (χ3v) is 4.22. The lowest BCUT2D eigenvalue weighted by atomic mass is 10.1. The Bertz CT molecular complexity index is 908. The lowest BCUT2D eigenvalue weighted by Crippen LogP contribution is -2.44. The Morgan fingerprint density at radius 3 is 2.38 bits per heavy atom. The first kappa shape index (κ1) is 24.7. The summed E-state index contributed by atoms with van der Waals surface area (Å²) in [7, 11) is 1.52. The third-order valence-electron chi connectivity index (χ3n) is 4.22. The van der Waals surface area contributed by atoms with E-state index in [1.807, 2.05) is 30.3 Å². The number of esters is 1. The molecule has 0 saturated heterocycles. The maximum absolute atomic E-state index is 12.8. The van der Waals surface area contributed by atoms with Gasteiger partial charge in [-0.25, -0.2) is 4.79 Å². The highest BCUT2D eigenvalue weighted by Gasteiger charge is 2.25. The summed E-state index contributed by atoms with van der Waals surface area (Å²) in [5, 5.41) is 5.27. The normalized spacial score (nSPS) is 11.8. The monoisotopic (exact) mass is 442 g/mol. The molecule has 0 saturated carbocycles. The lowest BCUT2D eigenvalue weighted by molar-refractivity contribution is -0.155. The molecule has 0 aromatic heterocycles. The minimum Gasteiger partial charge on any atom is -0.497 e. The fourth-order valence-corrected chi connectivity index (χ4v) is 2.76. The van der Waals surface area contributed by atoms with Crippen molar-refractivity contribution >= 4 is 23.7 Å². The van der Waals surface area contributed by atoms with Crippen LogP contribution >= 0.6 is 0 Å². The van der Waals surface area contributed by atoms with E-state index < -0.39 is 29.6 Å². The first-order chi connectivity index (χ1) is 15.2. The van der Waals surface area contributed by atoms with Gasteiger partial charge < -0.3 is 24.8 Å². The summed E-state index contributed by atoms with van der Waals surface area (Å²) in [5.41, 5.74) is 0.669. The second-order valence-electron chi connectivity index (χ2n) is 8.10. The minimum absolute atomic E-state index is 0.0468. The van der Waals surface area contributed by atoms with Gasteiger partial charge in [-0.1, -0.05) is 36.4 Å². The molecule has 0 spiro atoms. The Balaban J connectivity index is 2.02. The number of benzene rings is 2. The van der Waals surface area contributed by atoms with E-state index in [0.717, 1.165) is 5.56 Å². The van der Waals surface area contributed by atoms with Gasteiger partial charge in [0.15, 0.2) is 0 Å². The molecule has 32 heavy (non-hydrogen) atoms. The largest absolute Gasteiger partial charge is 0.497 e. The van der Waals surface area contributed by atoms with Crippen molar-refractivity contribution in [3.63, 3.8) is 0 Å². The molecule has 0 aliphatic heterocycles. The van der Waals surface area contributed by atoms with Crippen molar-refractivity contribution in [3.05, 3.63) is 60.2 Å². The van der Waals surface area contributed by atoms with Crippen LogP contribution in [0, 0.1) is 0 Å². The van der Waals surface area contributed by atoms with Crippen molar-refractivity contribution in [1.29, 1.82) is 0 Å². The second-order valence-corrected chi connectivity index (χ2v) is 8.10. The van der Waals surface area contributed by atoms with E-state index in [-0.39, 0.29) is 19.4 Å². The first-order valence-corrected chi connectivity index (χ1v) is 10.3.